The highest BCUT2D eigenvalue weighted by molar-refractivity contribution is 5.79. The van der Waals surface area contributed by atoms with Crippen molar-refractivity contribution in [3.8, 4) is 5.69 Å². The minimum atomic E-state index is -0.118. The van der Waals surface area contributed by atoms with E-state index >= 15 is 0 Å². The van der Waals surface area contributed by atoms with E-state index in [1.807, 2.05) is 42.1 Å². The number of carbonyl (C=O) groups excluding carboxylic acids is 1. The minimum absolute atomic E-state index is 0.0307. The molecule has 0 bridgehead atoms. The summed E-state index contributed by atoms with van der Waals surface area (Å²) in [5.41, 5.74) is 1.78. The summed E-state index contributed by atoms with van der Waals surface area (Å²) in [6.45, 7) is 4.14. The first-order valence-corrected chi connectivity index (χ1v) is 8.13. The number of benzene rings is 1. The Kier molecular flexibility index (Phi) is 4.87. The molecule has 1 aromatic carbocycles. The van der Waals surface area contributed by atoms with Crippen LogP contribution in [0.5, 0.6) is 0 Å². The minimum Gasteiger partial charge on any atom is -0.346 e. The number of imidazole rings is 1. The molecule has 3 aromatic rings. The SMILES string of the molecule is CC(C)C(NC(=O)Cc1ccc(-n2cnnn2)cc1)c1nccn1C. The lowest BCUT2D eigenvalue weighted by Gasteiger charge is -2.22. The Labute approximate surface area is 145 Å². The highest BCUT2D eigenvalue weighted by Crippen LogP contribution is 2.20. The molecule has 0 saturated carbocycles. The predicted molar refractivity (Wildman–Crippen MR) is 91.8 cm³/mol. The Bertz CT molecular complexity index is 821. The van der Waals surface area contributed by atoms with Crippen LogP contribution in [0.1, 0.15) is 31.3 Å². The van der Waals surface area contributed by atoms with Gasteiger partial charge in [-0.1, -0.05) is 26.0 Å². The number of nitrogens with one attached hydrogen (secondary N) is 1. The first-order chi connectivity index (χ1) is 12.0. The van der Waals surface area contributed by atoms with E-state index in [0.29, 0.717) is 6.42 Å². The van der Waals surface area contributed by atoms with E-state index in [1.54, 1.807) is 10.9 Å². The smallest absolute Gasteiger partial charge is 0.225 e. The fourth-order valence-electron chi connectivity index (χ4n) is 2.66. The van der Waals surface area contributed by atoms with Gasteiger partial charge in [0.15, 0.2) is 0 Å². The van der Waals surface area contributed by atoms with Crippen molar-refractivity contribution in [2.24, 2.45) is 13.0 Å². The molecule has 0 fully saturated rings. The van der Waals surface area contributed by atoms with Crippen LogP contribution < -0.4 is 5.32 Å². The summed E-state index contributed by atoms with van der Waals surface area (Å²) >= 11 is 0. The van der Waals surface area contributed by atoms with Crippen molar-refractivity contribution in [1.29, 1.82) is 0 Å². The average Bonchev–Trinajstić information content (AvgIpc) is 3.25. The first kappa shape index (κ1) is 16.8. The predicted octanol–water partition coefficient (Wildman–Crippen LogP) is 1.45. The summed E-state index contributed by atoms with van der Waals surface area (Å²) in [5.74, 6) is 1.07. The van der Waals surface area contributed by atoms with Gasteiger partial charge in [-0.25, -0.2) is 9.67 Å². The van der Waals surface area contributed by atoms with Crippen molar-refractivity contribution in [1.82, 2.24) is 35.1 Å². The van der Waals surface area contributed by atoms with Crippen molar-refractivity contribution in [3.05, 3.63) is 54.4 Å². The zero-order chi connectivity index (χ0) is 17.8. The van der Waals surface area contributed by atoms with E-state index in [0.717, 1.165) is 17.1 Å². The van der Waals surface area contributed by atoms with E-state index in [1.165, 1.54) is 6.33 Å². The summed E-state index contributed by atoms with van der Waals surface area (Å²) in [4.78, 5) is 16.8. The Balaban J connectivity index is 1.66. The van der Waals surface area contributed by atoms with Crippen LogP contribution in [0, 0.1) is 5.92 Å². The van der Waals surface area contributed by atoms with Gasteiger partial charge >= 0.3 is 0 Å². The second-order valence-corrected chi connectivity index (χ2v) is 6.28. The number of hydrogen-bond acceptors (Lipinski definition) is 5. The molecule has 0 aliphatic heterocycles. The number of rotatable bonds is 6. The fourth-order valence-corrected chi connectivity index (χ4v) is 2.66. The molecule has 2 aromatic heterocycles. The summed E-state index contributed by atoms with van der Waals surface area (Å²) in [6, 6.07) is 7.46. The van der Waals surface area contributed by atoms with Crippen molar-refractivity contribution in [3.63, 3.8) is 0 Å². The van der Waals surface area contributed by atoms with Gasteiger partial charge in [0.1, 0.15) is 12.2 Å². The number of aryl methyl sites for hydroxylation is 1. The molecular formula is C17H21N7O. The molecule has 1 N–H and O–H groups in total. The lowest BCUT2D eigenvalue weighted by Crippen LogP contribution is -2.34. The lowest BCUT2D eigenvalue weighted by molar-refractivity contribution is -0.121. The molecule has 8 heteroatoms. The molecule has 130 valence electrons. The number of nitrogens with zero attached hydrogens (tertiary/aromatic N) is 6. The van der Waals surface area contributed by atoms with E-state index in [4.69, 9.17) is 0 Å². The third-order valence-electron chi connectivity index (χ3n) is 4.03. The van der Waals surface area contributed by atoms with Gasteiger partial charge < -0.3 is 9.88 Å². The van der Waals surface area contributed by atoms with Crippen LogP contribution in [-0.4, -0.2) is 35.7 Å². The zero-order valence-corrected chi connectivity index (χ0v) is 14.5. The molecule has 2 heterocycles. The largest absolute Gasteiger partial charge is 0.346 e. The van der Waals surface area contributed by atoms with Crippen LogP contribution in [0.15, 0.2) is 43.0 Å². The third-order valence-corrected chi connectivity index (χ3v) is 4.03. The highest BCUT2D eigenvalue weighted by Gasteiger charge is 2.21. The Hall–Kier alpha value is -3.03. The molecule has 25 heavy (non-hydrogen) atoms. The number of aromatic nitrogens is 6. The van der Waals surface area contributed by atoms with Crippen molar-refractivity contribution in [2.45, 2.75) is 26.3 Å². The van der Waals surface area contributed by atoms with Crippen LogP contribution in [0.3, 0.4) is 0 Å². The maximum Gasteiger partial charge on any atom is 0.225 e. The van der Waals surface area contributed by atoms with Gasteiger partial charge in [0, 0.05) is 19.4 Å². The van der Waals surface area contributed by atoms with E-state index in [-0.39, 0.29) is 17.9 Å². The van der Waals surface area contributed by atoms with Crippen LogP contribution >= 0.6 is 0 Å². The van der Waals surface area contributed by atoms with Gasteiger partial charge in [0.25, 0.3) is 0 Å². The Morgan fingerprint density at radius 3 is 2.56 bits per heavy atom. The standard InChI is InChI=1S/C17H21N7O/c1-12(2)16(17-18-8-9-23(17)3)20-15(25)10-13-4-6-14(7-5-13)24-11-19-21-22-24/h4-9,11-12,16H,10H2,1-3H3,(H,20,25). The van der Waals surface area contributed by atoms with Gasteiger partial charge in [0.2, 0.25) is 5.91 Å². The molecule has 0 aliphatic carbocycles. The number of carbonyl (C=O) groups is 1. The van der Waals surface area contributed by atoms with Gasteiger partial charge in [-0.05, 0) is 34.0 Å². The molecule has 1 amide bonds. The first-order valence-electron chi connectivity index (χ1n) is 8.13. The summed E-state index contributed by atoms with van der Waals surface area (Å²) < 4.78 is 3.51. The monoisotopic (exact) mass is 339 g/mol. The molecule has 1 atom stereocenters. The summed E-state index contributed by atoms with van der Waals surface area (Å²) in [5, 5.41) is 14.2. The summed E-state index contributed by atoms with van der Waals surface area (Å²) in [7, 11) is 1.93. The molecule has 3 rings (SSSR count). The molecule has 0 spiro atoms. The second-order valence-electron chi connectivity index (χ2n) is 6.28. The van der Waals surface area contributed by atoms with Crippen LogP contribution in [0.25, 0.3) is 5.69 Å². The van der Waals surface area contributed by atoms with Crippen molar-refractivity contribution >= 4 is 5.91 Å². The maximum absolute atomic E-state index is 12.5. The molecule has 0 aliphatic rings. The van der Waals surface area contributed by atoms with Gasteiger partial charge in [-0.3, -0.25) is 4.79 Å². The highest BCUT2D eigenvalue weighted by atomic mass is 16.1. The number of tetrazole rings is 1. The maximum atomic E-state index is 12.5. The van der Waals surface area contributed by atoms with E-state index in [9.17, 15) is 4.79 Å². The zero-order valence-electron chi connectivity index (χ0n) is 14.5. The average molecular weight is 339 g/mol. The van der Waals surface area contributed by atoms with Gasteiger partial charge in [-0.2, -0.15) is 0 Å². The van der Waals surface area contributed by atoms with Crippen LogP contribution in [0.4, 0.5) is 0 Å². The molecular weight excluding hydrogens is 318 g/mol. The number of amides is 1. The number of hydrogen-bond donors (Lipinski definition) is 1. The van der Waals surface area contributed by atoms with Crippen LogP contribution in [0.2, 0.25) is 0 Å². The Morgan fingerprint density at radius 1 is 1.24 bits per heavy atom. The second kappa shape index (κ2) is 7.25. The molecule has 0 saturated heterocycles. The third kappa shape index (κ3) is 3.90. The quantitative estimate of drug-likeness (QED) is 0.734. The van der Waals surface area contributed by atoms with Crippen molar-refractivity contribution in [2.75, 3.05) is 0 Å². The normalized spacial score (nSPS) is 12.3. The van der Waals surface area contributed by atoms with E-state index in [2.05, 4.69) is 39.7 Å². The molecule has 1 unspecified atom stereocenters. The fraction of sp³-hybridized carbons (Fsp3) is 0.353. The van der Waals surface area contributed by atoms with Gasteiger partial charge in [-0.15, -0.1) is 5.10 Å². The van der Waals surface area contributed by atoms with Crippen molar-refractivity contribution < 1.29 is 4.79 Å². The topological polar surface area (TPSA) is 90.5 Å². The summed E-state index contributed by atoms with van der Waals surface area (Å²) in [6.07, 6.45) is 5.47. The lowest BCUT2D eigenvalue weighted by atomic mass is 10.0. The molecule has 8 nitrogen and oxygen atoms in total. The molecule has 0 radical (unpaired) electrons. The van der Waals surface area contributed by atoms with Gasteiger partial charge in [0.05, 0.1) is 18.2 Å². The van der Waals surface area contributed by atoms with E-state index < -0.39 is 0 Å². The Morgan fingerprint density at radius 2 is 2.00 bits per heavy atom. The van der Waals surface area contributed by atoms with Crippen LogP contribution in [-0.2, 0) is 18.3 Å².